The van der Waals surface area contributed by atoms with Crippen molar-refractivity contribution in [3.8, 4) is 17.2 Å². The van der Waals surface area contributed by atoms with Crippen molar-refractivity contribution >= 4 is 34.0 Å². The lowest BCUT2D eigenvalue weighted by Gasteiger charge is -2.07. The molecule has 0 saturated carbocycles. The van der Waals surface area contributed by atoms with E-state index in [0.29, 0.717) is 16.1 Å². The van der Waals surface area contributed by atoms with Gasteiger partial charge in [0, 0.05) is 16.9 Å². The summed E-state index contributed by atoms with van der Waals surface area (Å²) in [4.78, 5) is 38.0. The Bertz CT molecular complexity index is 1260. The number of ether oxygens (including phenoxy) is 1. The van der Waals surface area contributed by atoms with Crippen LogP contribution in [0.15, 0.2) is 54.6 Å². The third-order valence-electron chi connectivity index (χ3n) is 6.02. The molecule has 0 aliphatic heterocycles. The Morgan fingerprint density at radius 1 is 0.914 bits per heavy atom. The number of fused-ring (bicyclic) bond motifs is 1. The summed E-state index contributed by atoms with van der Waals surface area (Å²) in [6.07, 6.45) is 4.86. The number of ketones is 1. The SMILES string of the molecule is N#Cc1c(NC(=O)CCC(=O)OCC(=O)c2ccc(-c3ccccc3)cc2)sc2c1CCCCC2. The molecule has 0 bridgehead atoms. The van der Waals surface area contributed by atoms with E-state index in [1.54, 1.807) is 12.1 Å². The number of thiophene rings is 1. The highest BCUT2D eigenvalue weighted by Crippen LogP contribution is 2.37. The second-order valence-corrected chi connectivity index (χ2v) is 9.56. The zero-order valence-corrected chi connectivity index (χ0v) is 20.2. The zero-order valence-electron chi connectivity index (χ0n) is 19.3. The molecule has 0 fully saturated rings. The van der Waals surface area contributed by atoms with E-state index in [2.05, 4.69) is 11.4 Å². The summed E-state index contributed by atoms with van der Waals surface area (Å²) in [7, 11) is 0. The number of rotatable bonds is 8. The Morgan fingerprint density at radius 3 is 2.37 bits per heavy atom. The van der Waals surface area contributed by atoms with Gasteiger partial charge >= 0.3 is 5.97 Å². The van der Waals surface area contributed by atoms with Gasteiger partial charge in [0.2, 0.25) is 5.91 Å². The largest absolute Gasteiger partial charge is 0.457 e. The van der Waals surface area contributed by atoms with Crippen molar-refractivity contribution in [2.45, 2.75) is 44.9 Å². The number of hydrogen-bond acceptors (Lipinski definition) is 6. The van der Waals surface area contributed by atoms with Crippen molar-refractivity contribution in [3.63, 3.8) is 0 Å². The lowest BCUT2D eigenvalue weighted by molar-refractivity contribution is -0.143. The van der Waals surface area contributed by atoms with Gasteiger partial charge in [-0.25, -0.2) is 0 Å². The molecule has 0 radical (unpaired) electrons. The quantitative estimate of drug-likeness (QED) is 0.250. The van der Waals surface area contributed by atoms with E-state index >= 15 is 0 Å². The van der Waals surface area contributed by atoms with Crippen molar-refractivity contribution < 1.29 is 19.1 Å². The number of Topliss-reactive ketones (excluding diaryl/α,β-unsaturated/α-hetero) is 1. The number of nitrogens with zero attached hydrogens (tertiary/aromatic N) is 1. The van der Waals surface area contributed by atoms with Crippen molar-refractivity contribution in [1.82, 2.24) is 0 Å². The number of nitriles is 1. The lowest BCUT2D eigenvalue weighted by Crippen LogP contribution is -2.17. The highest BCUT2D eigenvalue weighted by molar-refractivity contribution is 7.16. The Hall–Kier alpha value is -3.76. The molecule has 1 aromatic heterocycles. The van der Waals surface area contributed by atoms with Crippen LogP contribution in [0.25, 0.3) is 11.1 Å². The van der Waals surface area contributed by atoms with Crippen LogP contribution in [-0.4, -0.2) is 24.3 Å². The number of benzene rings is 2. The lowest BCUT2D eigenvalue weighted by atomic mass is 10.0. The standard InChI is InChI=1S/C28H26N2O4S/c29-17-23-22-9-5-2-6-10-25(22)35-28(23)30-26(32)15-16-27(33)34-18-24(31)21-13-11-20(12-14-21)19-7-3-1-4-8-19/h1,3-4,7-8,11-14H,2,5-6,9-10,15-16,18H2,(H,30,32). The third-order valence-corrected chi connectivity index (χ3v) is 7.23. The van der Waals surface area contributed by atoms with Crippen molar-refractivity contribution in [2.75, 3.05) is 11.9 Å². The maximum atomic E-state index is 12.4. The number of hydrogen-bond donors (Lipinski definition) is 1. The molecule has 178 valence electrons. The molecule has 0 spiro atoms. The normalized spacial score (nSPS) is 12.7. The van der Waals surface area contributed by atoms with Crippen LogP contribution in [0.2, 0.25) is 0 Å². The van der Waals surface area contributed by atoms with Crippen LogP contribution in [0, 0.1) is 11.3 Å². The van der Waals surface area contributed by atoms with Crippen LogP contribution in [-0.2, 0) is 27.2 Å². The van der Waals surface area contributed by atoms with Crippen LogP contribution in [0.4, 0.5) is 5.00 Å². The first-order valence-corrected chi connectivity index (χ1v) is 12.6. The number of amides is 1. The van der Waals surface area contributed by atoms with Crippen molar-refractivity contribution in [1.29, 1.82) is 5.26 Å². The fourth-order valence-electron chi connectivity index (χ4n) is 4.13. The topological polar surface area (TPSA) is 96.3 Å². The highest BCUT2D eigenvalue weighted by Gasteiger charge is 2.21. The van der Waals surface area contributed by atoms with E-state index in [0.717, 1.165) is 48.8 Å². The van der Waals surface area contributed by atoms with E-state index in [1.807, 2.05) is 42.5 Å². The van der Waals surface area contributed by atoms with E-state index in [1.165, 1.54) is 16.2 Å². The summed E-state index contributed by atoms with van der Waals surface area (Å²) >= 11 is 1.46. The minimum Gasteiger partial charge on any atom is -0.457 e. The minimum absolute atomic E-state index is 0.0772. The molecular weight excluding hydrogens is 460 g/mol. The van der Waals surface area contributed by atoms with Gasteiger partial charge in [-0.2, -0.15) is 5.26 Å². The summed E-state index contributed by atoms with van der Waals surface area (Å²) in [5.74, 6) is -1.27. The number of anilines is 1. The summed E-state index contributed by atoms with van der Waals surface area (Å²) in [5.41, 5.74) is 4.10. The van der Waals surface area contributed by atoms with Gasteiger partial charge in [0.25, 0.3) is 0 Å². The Morgan fingerprint density at radius 2 is 1.63 bits per heavy atom. The molecule has 0 atom stereocenters. The zero-order chi connectivity index (χ0) is 24.6. The number of carbonyl (C=O) groups excluding carboxylic acids is 3. The summed E-state index contributed by atoms with van der Waals surface area (Å²) < 4.78 is 5.08. The van der Waals surface area contributed by atoms with E-state index in [4.69, 9.17) is 4.74 Å². The number of esters is 1. The van der Waals surface area contributed by atoms with Gasteiger partial charge in [-0.1, -0.05) is 61.0 Å². The van der Waals surface area contributed by atoms with E-state index in [9.17, 15) is 19.6 Å². The van der Waals surface area contributed by atoms with Gasteiger partial charge in [-0.15, -0.1) is 11.3 Å². The maximum absolute atomic E-state index is 12.4. The van der Waals surface area contributed by atoms with Gasteiger partial charge in [0.05, 0.1) is 12.0 Å². The fraction of sp³-hybridized carbons (Fsp3) is 0.286. The second-order valence-electron chi connectivity index (χ2n) is 8.46. The molecule has 1 heterocycles. The van der Waals surface area contributed by atoms with Crippen molar-refractivity contribution in [3.05, 3.63) is 76.2 Å². The van der Waals surface area contributed by atoms with Crippen molar-refractivity contribution in [2.24, 2.45) is 0 Å². The first-order chi connectivity index (χ1) is 17.0. The number of nitrogens with one attached hydrogen (secondary N) is 1. The van der Waals surface area contributed by atoms with Gasteiger partial charge in [-0.05, 0) is 42.4 Å². The highest BCUT2D eigenvalue weighted by atomic mass is 32.1. The molecule has 6 nitrogen and oxygen atoms in total. The third kappa shape index (κ3) is 6.23. The fourth-order valence-corrected chi connectivity index (χ4v) is 5.39. The number of aryl methyl sites for hydroxylation is 1. The molecular formula is C28H26N2O4S. The average Bonchev–Trinajstić information content (AvgIpc) is 3.04. The van der Waals surface area contributed by atoms with Crippen LogP contribution in [0.5, 0.6) is 0 Å². The molecule has 1 aliphatic rings. The summed E-state index contributed by atoms with van der Waals surface area (Å²) in [5, 5.41) is 12.9. The molecule has 2 aromatic carbocycles. The van der Waals surface area contributed by atoms with E-state index < -0.39 is 5.97 Å². The summed E-state index contributed by atoms with van der Waals surface area (Å²) in [6.45, 7) is -0.374. The number of carbonyl (C=O) groups is 3. The van der Waals surface area contributed by atoms with Gasteiger partial charge in [-0.3, -0.25) is 14.4 Å². The molecule has 3 aromatic rings. The summed E-state index contributed by atoms with van der Waals surface area (Å²) in [6, 6.07) is 19.2. The molecule has 1 amide bonds. The molecule has 0 unspecified atom stereocenters. The van der Waals surface area contributed by atoms with E-state index in [-0.39, 0.29) is 31.1 Å². The minimum atomic E-state index is -0.614. The average molecular weight is 487 g/mol. The monoisotopic (exact) mass is 486 g/mol. The van der Waals surface area contributed by atoms with Gasteiger partial charge < -0.3 is 10.1 Å². The van der Waals surface area contributed by atoms with Crippen LogP contribution >= 0.6 is 11.3 Å². The Labute approximate surface area is 208 Å². The molecule has 0 saturated heterocycles. The van der Waals surface area contributed by atoms with Gasteiger partial charge in [0.15, 0.2) is 12.4 Å². The molecule has 7 heteroatoms. The van der Waals surface area contributed by atoms with Gasteiger partial charge in [0.1, 0.15) is 11.1 Å². The smallest absolute Gasteiger partial charge is 0.306 e. The Kier molecular flexibility index (Phi) is 8.07. The predicted octanol–water partition coefficient (Wildman–Crippen LogP) is 5.70. The molecule has 35 heavy (non-hydrogen) atoms. The predicted molar refractivity (Wildman–Crippen MR) is 135 cm³/mol. The van der Waals surface area contributed by atoms with Crippen LogP contribution in [0.3, 0.4) is 0 Å². The Balaban J connectivity index is 1.24. The van der Waals surface area contributed by atoms with Crippen LogP contribution < -0.4 is 5.32 Å². The van der Waals surface area contributed by atoms with Crippen LogP contribution in [0.1, 0.15) is 58.5 Å². The second kappa shape index (κ2) is 11.6. The first-order valence-electron chi connectivity index (χ1n) is 11.7. The molecule has 1 aliphatic carbocycles. The molecule has 4 rings (SSSR count). The molecule has 1 N–H and O–H groups in total. The maximum Gasteiger partial charge on any atom is 0.306 e. The first kappa shape index (κ1) is 24.4.